The van der Waals surface area contributed by atoms with Crippen LogP contribution in [0.3, 0.4) is 0 Å². The van der Waals surface area contributed by atoms with Crippen molar-refractivity contribution in [3.8, 4) is 0 Å². The molecule has 3 nitrogen and oxygen atoms in total. The predicted octanol–water partition coefficient (Wildman–Crippen LogP) is 0.953. The second-order valence-electron chi connectivity index (χ2n) is 3.46. The molecule has 0 saturated carbocycles. The van der Waals surface area contributed by atoms with Crippen LogP contribution in [0.4, 0.5) is 0 Å². The lowest BCUT2D eigenvalue weighted by Crippen LogP contribution is -2.36. The molecule has 1 fully saturated rings. The molecule has 1 heterocycles. The van der Waals surface area contributed by atoms with Gasteiger partial charge in [-0.25, -0.2) is 0 Å². The second-order valence-corrected chi connectivity index (χ2v) is 3.46. The van der Waals surface area contributed by atoms with Crippen molar-refractivity contribution in [1.82, 2.24) is 0 Å². The van der Waals surface area contributed by atoms with Crippen molar-refractivity contribution < 1.29 is 14.6 Å². The molecule has 0 aromatic rings. The van der Waals surface area contributed by atoms with Crippen molar-refractivity contribution in [3.63, 3.8) is 0 Å². The van der Waals surface area contributed by atoms with Crippen molar-refractivity contribution in [2.75, 3.05) is 20.3 Å². The van der Waals surface area contributed by atoms with Crippen molar-refractivity contribution in [2.45, 2.75) is 37.9 Å². The monoisotopic (exact) mass is 174 g/mol. The molecule has 0 aromatic heterocycles. The smallest absolute Gasteiger partial charge is 0.0928 e. The van der Waals surface area contributed by atoms with E-state index in [2.05, 4.69) is 0 Å². The normalized spacial score (nSPS) is 35.8. The van der Waals surface area contributed by atoms with Gasteiger partial charge in [0.15, 0.2) is 0 Å². The molecule has 0 amide bonds. The lowest BCUT2D eigenvalue weighted by molar-refractivity contribution is -0.0372. The van der Waals surface area contributed by atoms with Crippen molar-refractivity contribution in [2.24, 2.45) is 0 Å². The van der Waals surface area contributed by atoms with E-state index >= 15 is 0 Å². The summed E-state index contributed by atoms with van der Waals surface area (Å²) in [6, 6.07) is 0. The molecule has 12 heavy (non-hydrogen) atoms. The molecule has 1 rings (SSSR count). The first-order valence-electron chi connectivity index (χ1n) is 4.52. The number of hydrogen-bond donors (Lipinski definition) is 1. The third-order valence-corrected chi connectivity index (χ3v) is 2.62. The summed E-state index contributed by atoms with van der Waals surface area (Å²) in [7, 11) is 1.68. The zero-order valence-electron chi connectivity index (χ0n) is 7.88. The first kappa shape index (κ1) is 9.96. The lowest BCUT2D eigenvalue weighted by atomic mass is 9.91. The minimum atomic E-state index is -0.599. The third-order valence-electron chi connectivity index (χ3n) is 2.62. The molecular formula is C9H18O3. The standard InChI is InChI=1S/C9H18O3/c1-8-9(10,5-7-12-8)4-3-6-11-2/h8,10H,3-7H2,1-2H3. The van der Waals surface area contributed by atoms with Crippen LogP contribution in [0, 0.1) is 0 Å². The van der Waals surface area contributed by atoms with E-state index in [1.165, 1.54) is 0 Å². The zero-order chi connectivity index (χ0) is 9.03. The first-order chi connectivity index (χ1) is 5.69. The highest BCUT2D eigenvalue weighted by molar-refractivity contribution is 4.89. The Kier molecular flexibility index (Phi) is 3.50. The van der Waals surface area contributed by atoms with Crippen molar-refractivity contribution in [1.29, 1.82) is 0 Å². The van der Waals surface area contributed by atoms with Crippen LogP contribution in [0.25, 0.3) is 0 Å². The minimum absolute atomic E-state index is 0.0191. The summed E-state index contributed by atoms with van der Waals surface area (Å²) in [5, 5.41) is 10.0. The van der Waals surface area contributed by atoms with Gasteiger partial charge >= 0.3 is 0 Å². The van der Waals surface area contributed by atoms with E-state index in [0.717, 1.165) is 25.9 Å². The lowest BCUT2D eigenvalue weighted by Gasteiger charge is -2.25. The SMILES string of the molecule is COCCCC1(O)CCOC1C. The first-order valence-corrected chi connectivity index (χ1v) is 4.52. The quantitative estimate of drug-likeness (QED) is 0.645. The maximum absolute atomic E-state index is 10.0. The molecule has 0 bridgehead atoms. The van der Waals surface area contributed by atoms with E-state index < -0.39 is 5.60 Å². The number of aliphatic hydroxyl groups is 1. The summed E-state index contributed by atoms with van der Waals surface area (Å²) in [4.78, 5) is 0. The summed E-state index contributed by atoms with van der Waals surface area (Å²) in [5.74, 6) is 0. The molecule has 1 N–H and O–H groups in total. The molecule has 1 aliphatic heterocycles. The van der Waals surface area contributed by atoms with Gasteiger partial charge in [-0.2, -0.15) is 0 Å². The average molecular weight is 174 g/mol. The van der Waals surface area contributed by atoms with E-state index in [9.17, 15) is 5.11 Å². The van der Waals surface area contributed by atoms with Gasteiger partial charge in [0.2, 0.25) is 0 Å². The maximum Gasteiger partial charge on any atom is 0.0928 e. The fourth-order valence-corrected chi connectivity index (χ4v) is 1.62. The molecule has 0 aliphatic carbocycles. The Labute approximate surface area is 73.7 Å². The van der Waals surface area contributed by atoms with Crippen molar-refractivity contribution >= 4 is 0 Å². The molecule has 1 saturated heterocycles. The molecule has 0 spiro atoms. The third kappa shape index (κ3) is 2.19. The summed E-state index contributed by atoms with van der Waals surface area (Å²) in [6.45, 7) is 3.33. The van der Waals surface area contributed by atoms with Crippen LogP contribution in [0.5, 0.6) is 0 Å². The van der Waals surface area contributed by atoms with E-state index in [1.807, 2.05) is 6.92 Å². The number of methoxy groups -OCH3 is 1. The Hall–Kier alpha value is -0.120. The van der Waals surface area contributed by atoms with E-state index in [1.54, 1.807) is 7.11 Å². The highest BCUT2D eigenvalue weighted by atomic mass is 16.5. The summed E-state index contributed by atoms with van der Waals surface area (Å²) in [6.07, 6.45) is 2.43. The van der Waals surface area contributed by atoms with Gasteiger partial charge in [0.25, 0.3) is 0 Å². The van der Waals surface area contributed by atoms with Crippen molar-refractivity contribution in [3.05, 3.63) is 0 Å². The Morgan fingerprint density at radius 1 is 1.67 bits per heavy atom. The maximum atomic E-state index is 10.0. The zero-order valence-corrected chi connectivity index (χ0v) is 7.88. The van der Waals surface area contributed by atoms with Gasteiger partial charge in [-0.05, 0) is 19.8 Å². The summed E-state index contributed by atoms with van der Waals surface area (Å²) in [5.41, 5.74) is -0.599. The van der Waals surface area contributed by atoms with Gasteiger partial charge in [-0.1, -0.05) is 0 Å². The minimum Gasteiger partial charge on any atom is -0.387 e. The van der Waals surface area contributed by atoms with E-state index in [0.29, 0.717) is 6.61 Å². The van der Waals surface area contributed by atoms with Gasteiger partial charge < -0.3 is 14.6 Å². The Balaban J connectivity index is 2.27. The molecule has 3 heteroatoms. The molecule has 1 aliphatic rings. The average Bonchev–Trinajstić information content (AvgIpc) is 2.34. The van der Waals surface area contributed by atoms with Crippen LogP contribution >= 0.6 is 0 Å². The van der Waals surface area contributed by atoms with Crippen LogP contribution in [0.1, 0.15) is 26.2 Å². The fraction of sp³-hybridized carbons (Fsp3) is 1.00. The molecule has 0 aromatic carbocycles. The Morgan fingerprint density at radius 3 is 2.92 bits per heavy atom. The van der Waals surface area contributed by atoms with Crippen LogP contribution in [-0.2, 0) is 9.47 Å². The predicted molar refractivity (Wildman–Crippen MR) is 46.1 cm³/mol. The topological polar surface area (TPSA) is 38.7 Å². The summed E-state index contributed by atoms with van der Waals surface area (Å²) >= 11 is 0. The number of ether oxygens (including phenoxy) is 2. The van der Waals surface area contributed by atoms with Gasteiger partial charge in [0, 0.05) is 26.7 Å². The van der Waals surface area contributed by atoms with Crippen LogP contribution in [0.15, 0.2) is 0 Å². The largest absolute Gasteiger partial charge is 0.387 e. The number of rotatable bonds is 4. The molecule has 0 radical (unpaired) electrons. The van der Waals surface area contributed by atoms with Gasteiger partial charge in [-0.3, -0.25) is 0 Å². The Morgan fingerprint density at radius 2 is 2.42 bits per heavy atom. The number of hydrogen-bond acceptors (Lipinski definition) is 3. The van der Waals surface area contributed by atoms with E-state index in [-0.39, 0.29) is 6.10 Å². The molecule has 72 valence electrons. The van der Waals surface area contributed by atoms with Crippen LogP contribution < -0.4 is 0 Å². The van der Waals surface area contributed by atoms with E-state index in [4.69, 9.17) is 9.47 Å². The molecule has 2 unspecified atom stereocenters. The summed E-state index contributed by atoms with van der Waals surface area (Å²) < 4.78 is 10.2. The molecular weight excluding hydrogens is 156 g/mol. The van der Waals surface area contributed by atoms with Crippen LogP contribution in [0.2, 0.25) is 0 Å². The Bertz CT molecular complexity index is 138. The highest BCUT2D eigenvalue weighted by Gasteiger charge is 2.38. The second kappa shape index (κ2) is 4.21. The fourth-order valence-electron chi connectivity index (χ4n) is 1.62. The van der Waals surface area contributed by atoms with Gasteiger partial charge in [-0.15, -0.1) is 0 Å². The van der Waals surface area contributed by atoms with Gasteiger partial charge in [0.05, 0.1) is 11.7 Å². The highest BCUT2D eigenvalue weighted by Crippen LogP contribution is 2.29. The van der Waals surface area contributed by atoms with Gasteiger partial charge in [0.1, 0.15) is 0 Å². The van der Waals surface area contributed by atoms with Crippen LogP contribution in [-0.4, -0.2) is 37.1 Å². The molecule has 2 atom stereocenters.